The van der Waals surface area contributed by atoms with E-state index in [0.29, 0.717) is 39.3 Å². The van der Waals surface area contributed by atoms with Crippen molar-refractivity contribution in [3.8, 4) is 0 Å². The van der Waals surface area contributed by atoms with E-state index in [0.717, 1.165) is 31.5 Å². The van der Waals surface area contributed by atoms with Crippen LogP contribution in [0.4, 0.5) is 0 Å². The number of aromatic nitrogens is 1. The van der Waals surface area contributed by atoms with E-state index in [4.69, 9.17) is 10.5 Å². The summed E-state index contributed by atoms with van der Waals surface area (Å²) in [5.74, 6) is -0.319. The van der Waals surface area contributed by atoms with Crippen molar-refractivity contribution < 1.29 is 17.9 Å². The highest BCUT2D eigenvalue weighted by molar-refractivity contribution is 7.89. The van der Waals surface area contributed by atoms with Crippen LogP contribution in [0, 0.1) is 5.92 Å². The van der Waals surface area contributed by atoms with Gasteiger partial charge in [-0.25, -0.2) is 13.4 Å². The van der Waals surface area contributed by atoms with Crippen LogP contribution in [0.25, 0.3) is 0 Å². The van der Waals surface area contributed by atoms with Crippen LogP contribution in [-0.2, 0) is 26.1 Å². The Hall–Kier alpha value is -1.59. The molecule has 2 atom stereocenters. The van der Waals surface area contributed by atoms with E-state index in [2.05, 4.69) is 9.88 Å². The molecule has 4 heterocycles. The average Bonchev–Trinajstić information content (AvgIpc) is 2.84. The zero-order chi connectivity index (χ0) is 21.8. The van der Waals surface area contributed by atoms with Crippen LogP contribution in [-0.4, -0.2) is 91.9 Å². The lowest BCUT2D eigenvalue weighted by Gasteiger charge is -2.44. The topological polar surface area (TPSA) is 109 Å². The number of sulfonamides is 1. The molecule has 4 rings (SSSR count). The lowest BCUT2D eigenvalue weighted by atomic mass is 9.92. The Balaban J connectivity index is 1.59. The standard InChI is InChI=1S/C21H33N5O4S/c22-14-17-4-5-23-20(12-17)31(28,29)26-15-18(21(27)25-8-10-30-11-9-25)13-19(16-26)24-6-2-1-3-7-24/h4-5,12,18-19H,1-3,6-11,13-16,22H2/t18-,19+/m1/s1. The molecule has 10 heteroatoms. The molecule has 1 aromatic rings. The fourth-order valence-corrected chi connectivity index (χ4v) is 6.35. The highest BCUT2D eigenvalue weighted by Crippen LogP contribution is 2.29. The normalized spacial score (nSPS) is 26.7. The van der Waals surface area contributed by atoms with Gasteiger partial charge in [0.25, 0.3) is 10.0 Å². The SMILES string of the molecule is NCc1ccnc(S(=O)(=O)N2C[C@H](C(=O)N3CCOCC3)C[C@H](N3CCCCC3)C2)c1. The van der Waals surface area contributed by atoms with Gasteiger partial charge in [-0.1, -0.05) is 6.42 Å². The van der Waals surface area contributed by atoms with Crippen molar-refractivity contribution in [3.05, 3.63) is 23.9 Å². The number of hydrogen-bond acceptors (Lipinski definition) is 7. The van der Waals surface area contributed by atoms with Crippen molar-refractivity contribution >= 4 is 15.9 Å². The van der Waals surface area contributed by atoms with Crippen LogP contribution in [0.5, 0.6) is 0 Å². The summed E-state index contributed by atoms with van der Waals surface area (Å²) in [6, 6.07) is 3.30. The molecular weight excluding hydrogens is 418 g/mol. The first-order valence-electron chi connectivity index (χ1n) is 11.2. The Morgan fingerprint density at radius 2 is 1.87 bits per heavy atom. The van der Waals surface area contributed by atoms with Gasteiger partial charge in [0.2, 0.25) is 5.91 Å². The van der Waals surface area contributed by atoms with Gasteiger partial charge in [-0.15, -0.1) is 0 Å². The van der Waals surface area contributed by atoms with Gasteiger partial charge in [0.05, 0.1) is 19.1 Å². The first kappa shape index (κ1) is 22.6. The molecule has 3 fully saturated rings. The van der Waals surface area contributed by atoms with Crippen molar-refractivity contribution in [2.45, 2.75) is 43.3 Å². The summed E-state index contributed by atoms with van der Waals surface area (Å²) >= 11 is 0. The van der Waals surface area contributed by atoms with E-state index < -0.39 is 10.0 Å². The maximum absolute atomic E-state index is 13.5. The van der Waals surface area contributed by atoms with Crippen molar-refractivity contribution in [2.75, 3.05) is 52.5 Å². The zero-order valence-electron chi connectivity index (χ0n) is 18.0. The van der Waals surface area contributed by atoms with Crippen molar-refractivity contribution in [2.24, 2.45) is 11.7 Å². The van der Waals surface area contributed by atoms with Crippen LogP contribution < -0.4 is 5.73 Å². The van der Waals surface area contributed by atoms with Crippen molar-refractivity contribution in [3.63, 3.8) is 0 Å². The number of ether oxygens (including phenoxy) is 1. The number of hydrogen-bond donors (Lipinski definition) is 1. The predicted molar refractivity (Wildman–Crippen MR) is 116 cm³/mol. The highest BCUT2D eigenvalue weighted by Gasteiger charge is 2.41. The maximum atomic E-state index is 13.5. The van der Waals surface area contributed by atoms with Gasteiger partial charge in [0.15, 0.2) is 5.03 Å². The summed E-state index contributed by atoms with van der Waals surface area (Å²) < 4.78 is 33.8. The molecule has 31 heavy (non-hydrogen) atoms. The molecule has 0 saturated carbocycles. The third-order valence-corrected chi connectivity index (χ3v) is 8.34. The van der Waals surface area contributed by atoms with Gasteiger partial charge < -0.3 is 15.4 Å². The van der Waals surface area contributed by atoms with Crippen molar-refractivity contribution in [1.29, 1.82) is 0 Å². The maximum Gasteiger partial charge on any atom is 0.260 e. The van der Waals surface area contributed by atoms with E-state index >= 15 is 0 Å². The molecule has 0 spiro atoms. The molecule has 9 nitrogen and oxygen atoms in total. The Bertz CT molecular complexity index is 868. The van der Waals surface area contributed by atoms with Gasteiger partial charge in [-0.2, -0.15) is 4.31 Å². The Morgan fingerprint density at radius 1 is 1.13 bits per heavy atom. The minimum absolute atomic E-state index is 0.00677. The fraction of sp³-hybridized carbons (Fsp3) is 0.714. The summed E-state index contributed by atoms with van der Waals surface area (Å²) in [6.45, 7) is 4.95. The first-order valence-corrected chi connectivity index (χ1v) is 12.7. The number of nitrogens with zero attached hydrogens (tertiary/aromatic N) is 4. The van der Waals surface area contributed by atoms with Crippen LogP contribution >= 0.6 is 0 Å². The quantitative estimate of drug-likeness (QED) is 0.684. The number of carbonyl (C=O) groups is 1. The van der Waals surface area contributed by atoms with Crippen LogP contribution in [0.15, 0.2) is 23.4 Å². The van der Waals surface area contributed by atoms with Gasteiger partial charge in [0, 0.05) is 45.0 Å². The Labute approximate surface area is 184 Å². The summed E-state index contributed by atoms with van der Waals surface area (Å²) in [7, 11) is -3.82. The second kappa shape index (κ2) is 9.91. The molecule has 3 saturated heterocycles. The fourth-order valence-electron chi connectivity index (χ4n) is 4.85. The molecule has 1 aromatic heterocycles. The lowest BCUT2D eigenvalue weighted by Crippen LogP contribution is -2.57. The van der Waals surface area contributed by atoms with Crippen LogP contribution in [0.2, 0.25) is 0 Å². The second-order valence-corrected chi connectivity index (χ2v) is 10.5. The van der Waals surface area contributed by atoms with Gasteiger partial charge in [-0.3, -0.25) is 9.69 Å². The van der Waals surface area contributed by atoms with E-state index in [-0.39, 0.29) is 36.0 Å². The molecular formula is C21H33N5O4S. The largest absolute Gasteiger partial charge is 0.378 e. The van der Waals surface area contributed by atoms with Gasteiger partial charge in [0.1, 0.15) is 0 Å². The number of nitrogens with two attached hydrogens (primary N) is 1. The second-order valence-electron chi connectivity index (χ2n) is 8.65. The molecule has 0 unspecified atom stereocenters. The number of carbonyl (C=O) groups excluding carboxylic acids is 1. The Morgan fingerprint density at radius 3 is 2.58 bits per heavy atom. The third kappa shape index (κ3) is 5.09. The lowest BCUT2D eigenvalue weighted by molar-refractivity contribution is -0.141. The molecule has 0 aliphatic carbocycles. The molecule has 3 aliphatic rings. The number of pyridine rings is 1. The number of morpholine rings is 1. The number of piperidine rings is 2. The van der Waals surface area contributed by atoms with Gasteiger partial charge >= 0.3 is 0 Å². The number of likely N-dealkylation sites (tertiary alicyclic amines) is 1. The summed E-state index contributed by atoms with van der Waals surface area (Å²) in [5.41, 5.74) is 6.42. The average molecular weight is 452 g/mol. The smallest absolute Gasteiger partial charge is 0.260 e. The molecule has 3 aliphatic heterocycles. The molecule has 0 aromatic carbocycles. The summed E-state index contributed by atoms with van der Waals surface area (Å²) in [4.78, 5) is 21.6. The van der Waals surface area contributed by atoms with Crippen LogP contribution in [0.1, 0.15) is 31.2 Å². The Kier molecular flexibility index (Phi) is 7.22. The van der Waals surface area contributed by atoms with E-state index in [9.17, 15) is 13.2 Å². The molecule has 1 amide bonds. The van der Waals surface area contributed by atoms with E-state index in [1.807, 2.05) is 4.90 Å². The van der Waals surface area contributed by atoms with Crippen molar-refractivity contribution in [1.82, 2.24) is 19.1 Å². The molecule has 0 radical (unpaired) electrons. The minimum Gasteiger partial charge on any atom is -0.378 e. The summed E-state index contributed by atoms with van der Waals surface area (Å²) in [5, 5.41) is 0.00677. The zero-order valence-corrected chi connectivity index (χ0v) is 18.8. The van der Waals surface area contributed by atoms with Gasteiger partial charge in [-0.05, 0) is 50.0 Å². The predicted octanol–water partition coefficient (Wildman–Crippen LogP) is 0.264. The molecule has 172 valence electrons. The molecule has 2 N–H and O–H groups in total. The highest BCUT2D eigenvalue weighted by atomic mass is 32.2. The van der Waals surface area contributed by atoms with Crippen LogP contribution in [0.3, 0.4) is 0 Å². The van der Waals surface area contributed by atoms with E-state index in [1.165, 1.54) is 16.9 Å². The molecule has 0 bridgehead atoms. The summed E-state index contributed by atoms with van der Waals surface area (Å²) in [6.07, 6.45) is 5.62. The minimum atomic E-state index is -3.82. The number of amides is 1. The first-order chi connectivity index (χ1) is 15.0. The number of rotatable bonds is 5. The third-order valence-electron chi connectivity index (χ3n) is 6.61. The van der Waals surface area contributed by atoms with E-state index in [1.54, 1.807) is 12.1 Å². The monoisotopic (exact) mass is 451 g/mol.